The molecule has 1 heterocycles. The summed E-state index contributed by atoms with van der Waals surface area (Å²) >= 11 is 0. The molecule has 1 aliphatic carbocycles. The zero-order chi connectivity index (χ0) is 58.0. The van der Waals surface area contributed by atoms with Crippen molar-refractivity contribution >= 4 is 54.3 Å². The molecule has 0 spiro atoms. The summed E-state index contributed by atoms with van der Waals surface area (Å²) in [5, 5.41) is -4.54. The second-order valence-corrected chi connectivity index (χ2v) is 12.7. The van der Waals surface area contributed by atoms with Crippen LogP contribution >= 0.6 is 0 Å². The molecule has 0 amide bonds. The molecule has 0 aliphatic heterocycles. The van der Waals surface area contributed by atoms with Gasteiger partial charge in [-0.2, -0.15) is 0 Å². The van der Waals surface area contributed by atoms with Gasteiger partial charge < -0.3 is 4.42 Å². The summed E-state index contributed by atoms with van der Waals surface area (Å²) in [5.74, 6) is 0. The topological polar surface area (TPSA) is 13.1 Å². The highest BCUT2D eigenvalue weighted by atomic mass is 16.3. The first-order valence-electron chi connectivity index (χ1n) is 29.5. The van der Waals surface area contributed by atoms with E-state index in [-0.39, 0.29) is 27.8 Å². The van der Waals surface area contributed by atoms with Crippen LogP contribution < -0.4 is 0 Å². The quantitative estimate of drug-likeness (QED) is 0.168. The lowest BCUT2D eigenvalue weighted by Gasteiger charge is -2.25. The molecular weight excluding hydrogens is 629 g/mol. The van der Waals surface area contributed by atoms with Crippen LogP contribution in [-0.4, -0.2) is 0 Å². The van der Waals surface area contributed by atoms with Gasteiger partial charge in [-0.25, -0.2) is 0 Å². The number of furan rings is 1. The minimum absolute atomic E-state index is 0.0111. The lowest BCUT2D eigenvalue weighted by atomic mass is 9.78. The minimum Gasteiger partial charge on any atom is -0.455 e. The number of hydrogen-bond donors (Lipinski definition) is 0. The van der Waals surface area contributed by atoms with Crippen LogP contribution in [0.5, 0.6) is 0 Å². The monoisotopic (exact) mass is 689 g/mol. The van der Waals surface area contributed by atoms with Crippen molar-refractivity contribution in [1.29, 1.82) is 0 Å². The lowest BCUT2D eigenvalue weighted by Crippen LogP contribution is -2.16. The third-order valence-electron chi connectivity index (χ3n) is 9.57. The molecule has 10 aromatic rings. The third-order valence-corrected chi connectivity index (χ3v) is 9.57. The van der Waals surface area contributed by atoms with E-state index in [2.05, 4.69) is 0 Å². The second-order valence-electron chi connectivity index (χ2n) is 12.7. The molecule has 0 fully saturated rings. The maximum atomic E-state index is 10.1. The molecule has 1 aliphatic rings. The van der Waals surface area contributed by atoms with Crippen molar-refractivity contribution in [2.24, 2.45) is 0 Å². The van der Waals surface area contributed by atoms with Crippen molar-refractivity contribution in [2.45, 2.75) is 19.3 Å². The lowest BCUT2D eigenvalue weighted by molar-refractivity contribution is 0.662. The molecule has 11 rings (SSSR count). The molecule has 0 bridgehead atoms. The minimum atomic E-state index is -1.54. The van der Waals surface area contributed by atoms with Crippen LogP contribution in [0.4, 0.5) is 0 Å². The molecular formula is C51H34O. The van der Waals surface area contributed by atoms with Crippen LogP contribution in [0.2, 0.25) is 0 Å². The summed E-state index contributed by atoms with van der Waals surface area (Å²) in [6.45, 7) is 3.07. The van der Waals surface area contributed by atoms with Crippen molar-refractivity contribution in [1.82, 2.24) is 0 Å². The molecule has 0 atom stereocenters. The highest BCUT2D eigenvalue weighted by molar-refractivity contribution is 6.23. The molecule has 1 aromatic heterocycles. The van der Waals surface area contributed by atoms with E-state index in [1.165, 1.54) is 13.8 Å². The zero-order valence-electron chi connectivity index (χ0n) is 54.0. The first-order valence-corrected chi connectivity index (χ1v) is 16.0. The summed E-state index contributed by atoms with van der Waals surface area (Å²) in [6.07, 6.45) is 0. The van der Waals surface area contributed by atoms with Gasteiger partial charge in [-0.1, -0.05) is 159 Å². The van der Waals surface area contributed by atoms with Gasteiger partial charge in [-0.05, 0) is 107 Å². The Bertz CT molecular complexity index is 4570. The van der Waals surface area contributed by atoms with Crippen molar-refractivity contribution in [3.63, 3.8) is 0 Å². The van der Waals surface area contributed by atoms with E-state index in [4.69, 9.17) is 26.3 Å². The molecule has 1 nitrogen and oxygen atoms in total. The van der Waals surface area contributed by atoms with Gasteiger partial charge >= 0.3 is 0 Å². The van der Waals surface area contributed by atoms with Crippen LogP contribution in [0.3, 0.4) is 0 Å². The normalized spacial score (nSPS) is 20.6. The van der Waals surface area contributed by atoms with E-state index in [9.17, 15) is 15.1 Å². The molecule has 0 unspecified atom stereocenters. The van der Waals surface area contributed by atoms with E-state index in [0.29, 0.717) is 0 Å². The average Bonchev–Trinajstić information content (AvgIpc) is 2.37. The Balaban J connectivity index is 1.37. The summed E-state index contributed by atoms with van der Waals surface area (Å²) in [7, 11) is 0. The number of hydrogen-bond acceptors (Lipinski definition) is 1. The van der Waals surface area contributed by atoms with Crippen molar-refractivity contribution in [3.05, 3.63) is 180 Å². The summed E-state index contributed by atoms with van der Waals surface area (Å²) < 4.78 is 253. The average molecular weight is 690 g/mol. The van der Waals surface area contributed by atoms with E-state index in [0.717, 1.165) is 6.07 Å². The van der Waals surface area contributed by atoms with Crippen LogP contribution in [0.1, 0.15) is 62.0 Å². The van der Waals surface area contributed by atoms with Gasteiger partial charge in [0.2, 0.25) is 0 Å². The smallest absolute Gasteiger partial charge is 0.143 e. The molecule has 0 N–H and O–H groups in total. The van der Waals surface area contributed by atoms with Crippen molar-refractivity contribution < 1.29 is 41.4 Å². The van der Waals surface area contributed by atoms with Gasteiger partial charge in [0.25, 0.3) is 0 Å². The molecule has 244 valence electrons. The van der Waals surface area contributed by atoms with Gasteiger partial charge in [0.15, 0.2) is 0 Å². The van der Waals surface area contributed by atoms with Crippen LogP contribution in [0.25, 0.3) is 98.8 Å². The standard InChI is InChI=1S/C51H34O/c1-51(2)45-24-10-9-17-37(45)42-23-12-22-35(49(42)51)32-14-11-15-33(29-32)47-38-18-5-7-20-40(38)48(41-21-8-6-19-39(41)47)34-26-28-46-44(30-34)43-27-25-31-13-3-4-16-36(31)50(43)52-46/h3-30H,1-2H3/i3D,4D,5D,6D,7D,8D,9D,10D,11D,12D,13D,15D,16D,17D,18D,19D,20D,21D,22D,23D,24D,25D,26D,27D,28D,29D,30D. The molecule has 0 saturated carbocycles. The highest BCUT2D eigenvalue weighted by Crippen LogP contribution is 2.53. The Morgan fingerprint density at radius 2 is 1.06 bits per heavy atom. The van der Waals surface area contributed by atoms with Gasteiger partial charge in [0, 0.05) is 21.6 Å². The van der Waals surface area contributed by atoms with Crippen LogP contribution in [-0.2, 0) is 5.41 Å². The molecule has 1 heteroatoms. The predicted octanol–water partition coefficient (Wildman–Crippen LogP) is 14.4. The second kappa shape index (κ2) is 10.8. The van der Waals surface area contributed by atoms with Crippen molar-refractivity contribution in [2.75, 3.05) is 0 Å². The SMILES string of the molecule is [2H]c1cc(-c2c([2H])c([2H])c([2H])c3c2C(C)(C)c2c([2H])c([2H])c([2H])c([2H])c2-3)c([2H])c(-c2c3c([2H])c([2H])c([2H])c([2H])c3c(-c3c([2H])c([2H])c4oc5c6c([2H])c([2H])c([2H])c([2H])c6c([2H])c([2H])c5c4c3[2H])c3c([2H])c([2H])c([2H])c([2H])c23)c1[2H]. The van der Waals surface area contributed by atoms with Gasteiger partial charge in [-0.3, -0.25) is 0 Å². The summed E-state index contributed by atoms with van der Waals surface area (Å²) in [6, 6.07) is -20.6. The number of rotatable bonds is 3. The van der Waals surface area contributed by atoms with E-state index < -0.39 is 251 Å². The van der Waals surface area contributed by atoms with Crippen molar-refractivity contribution in [3.8, 4) is 44.5 Å². The largest absolute Gasteiger partial charge is 0.455 e. The summed E-state index contributed by atoms with van der Waals surface area (Å²) in [5.41, 5.74) is -6.56. The van der Waals surface area contributed by atoms with Crippen LogP contribution in [0.15, 0.2) is 174 Å². The molecule has 0 radical (unpaired) electrons. The van der Waals surface area contributed by atoms with Crippen LogP contribution in [0, 0.1) is 0 Å². The predicted molar refractivity (Wildman–Crippen MR) is 220 cm³/mol. The fourth-order valence-electron chi connectivity index (χ4n) is 7.32. The fraction of sp³-hybridized carbons (Fsp3) is 0.0588. The maximum Gasteiger partial charge on any atom is 0.143 e. The molecule has 9 aromatic carbocycles. The van der Waals surface area contributed by atoms with Gasteiger partial charge in [-0.15, -0.1) is 0 Å². The Kier molecular flexibility index (Phi) is 2.75. The zero-order valence-corrected chi connectivity index (χ0v) is 27.0. The van der Waals surface area contributed by atoms with Gasteiger partial charge in [0.05, 0.1) is 37.0 Å². The summed E-state index contributed by atoms with van der Waals surface area (Å²) in [4.78, 5) is 0. The fourth-order valence-corrected chi connectivity index (χ4v) is 7.32. The first-order chi connectivity index (χ1) is 36.8. The highest BCUT2D eigenvalue weighted by Gasteiger charge is 2.37. The van der Waals surface area contributed by atoms with E-state index in [1.807, 2.05) is 0 Å². The number of benzene rings is 9. The Morgan fingerprint density at radius 3 is 1.81 bits per heavy atom. The molecule has 52 heavy (non-hydrogen) atoms. The number of fused-ring (bicyclic) bond motifs is 10. The van der Waals surface area contributed by atoms with E-state index >= 15 is 0 Å². The maximum absolute atomic E-state index is 10.1. The van der Waals surface area contributed by atoms with Gasteiger partial charge in [0.1, 0.15) is 11.2 Å². The Morgan fingerprint density at radius 1 is 0.442 bits per heavy atom. The molecule has 0 saturated heterocycles. The Labute approximate surface area is 340 Å². The third kappa shape index (κ3) is 4.05. The first kappa shape index (κ1) is 13.3. The van der Waals surface area contributed by atoms with E-state index in [1.54, 1.807) is 0 Å². The Hall–Kier alpha value is -6.44.